The van der Waals surface area contributed by atoms with Gasteiger partial charge in [0, 0.05) is 43.7 Å². The third-order valence-corrected chi connectivity index (χ3v) is 15.9. The molecule has 6 N–H and O–H groups in total. The van der Waals surface area contributed by atoms with Crippen LogP contribution in [0.25, 0.3) is 43.7 Å². The Hall–Kier alpha value is -13.1. The van der Waals surface area contributed by atoms with Gasteiger partial charge in [-0.05, 0) is 124 Å². The smallest absolute Gasteiger partial charge is 0.262 e. The summed E-state index contributed by atoms with van der Waals surface area (Å²) in [6.07, 6.45) is 18.0. The SMILES string of the molecule is C[C@H](N)c1nc2ccc(F)cc2c(=O)n1Cc1ccccn1.C[C@H](Nc1ncnc2[nH]ccc(=O)c12)c1nc2ccc(F)cc2c(=O)n1Cc1ccccn1.C[C@H](Nc1ncnc2c1C(=O)C=CC2)c1nc2ccc(F)cc2c(=O)n1Cc1ccccn1.O=C1C=CCc2nc[nH]c(=O)c21. The van der Waals surface area contributed by atoms with E-state index in [0.29, 0.717) is 104 Å². The standard InChI is InChI=1S/C24H19FN6O2.C23H18FN7O2.C16H15FN4O.C8H6N2O2/c1-14(29-22-21-19(27-13-28-22)6-4-7-20(21)32)23-30-18-9-8-15(25)11-17(18)24(33)31(23)12-16-5-2-3-10-26-16;1-13(29-21-19-18(32)7-9-26-20(19)27-12-28-21)22-30-17-6-5-14(24)10-16(17)23(33)31(22)11-15-4-2-3-8-25-15;1-10(18)15-20-14-6-5-11(17)8-13(14)16(22)21(15)9-12-4-2-3-7-19-12;11-6-3-1-2-5-7(6)8(12)10-4-9-5/h2-5,7-11,13-14H,6,12H2,1H3,(H,27,28,29);2-10,12-13H,11H2,1H3,(H2,26,27,28,29,32);2-8,10H,9,18H2,1H3;1,3-4H,2H2,(H,9,10,12)/t14-;13-;10-;/m000./s1. The lowest BCUT2D eigenvalue weighted by Crippen LogP contribution is -2.30. The first-order valence-electron chi connectivity index (χ1n) is 31.1. The maximum absolute atomic E-state index is 13.9. The normalized spacial score (nSPS) is 13.0. The van der Waals surface area contributed by atoms with Gasteiger partial charge in [-0.1, -0.05) is 30.4 Å². The Morgan fingerprint density at radius 3 is 1.40 bits per heavy atom. The number of ketones is 2. The summed E-state index contributed by atoms with van der Waals surface area (Å²) in [6.45, 7) is 5.93. The second-order valence-corrected chi connectivity index (χ2v) is 22.9. The van der Waals surface area contributed by atoms with Gasteiger partial charge < -0.3 is 26.3 Å². The fourth-order valence-electron chi connectivity index (χ4n) is 11.2. The van der Waals surface area contributed by atoms with Crippen LogP contribution in [0.5, 0.6) is 0 Å². The van der Waals surface area contributed by atoms with E-state index in [9.17, 15) is 46.7 Å². The molecule has 100 heavy (non-hydrogen) atoms. The fourth-order valence-corrected chi connectivity index (χ4v) is 11.2. The molecule has 2 aliphatic carbocycles. The zero-order valence-corrected chi connectivity index (χ0v) is 53.4. The Morgan fingerprint density at radius 2 is 0.930 bits per heavy atom. The van der Waals surface area contributed by atoms with Crippen LogP contribution >= 0.6 is 0 Å². The van der Waals surface area contributed by atoms with Gasteiger partial charge in [0.05, 0.1) is 111 Å². The molecule has 3 aromatic carbocycles. The highest BCUT2D eigenvalue weighted by atomic mass is 19.1. The van der Waals surface area contributed by atoms with Crippen molar-refractivity contribution in [1.82, 2.24) is 78.5 Å². The summed E-state index contributed by atoms with van der Waals surface area (Å²) in [5.41, 5.74) is 9.65. The molecule has 29 heteroatoms. The lowest BCUT2D eigenvalue weighted by atomic mass is 10.0. The first-order chi connectivity index (χ1) is 48.4. The quantitative estimate of drug-likeness (QED) is 0.0728. The average molecular weight is 1350 g/mol. The topological polar surface area (TPSA) is 358 Å². The van der Waals surface area contributed by atoms with E-state index < -0.39 is 35.6 Å². The highest BCUT2D eigenvalue weighted by molar-refractivity contribution is 6.09. The lowest BCUT2D eigenvalue weighted by Gasteiger charge is -2.21. The number of anilines is 2. The van der Waals surface area contributed by atoms with Crippen LogP contribution in [0.15, 0.2) is 207 Å². The summed E-state index contributed by atoms with van der Waals surface area (Å²) in [7, 11) is 0. The molecule has 2 aliphatic rings. The van der Waals surface area contributed by atoms with E-state index in [1.54, 1.807) is 74.9 Å². The molecule has 0 unspecified atom stereocenters. The van der Waals surface area contributed by atoms with Gasteiger partial charge >= 0.3 is 0 Å². The molecule has 500 valence electrons. The van der Waals surface area contributed by atoms with Crippen molar-refractivity contribution in [2.75, 3.05) is 10.6 Å². The number of H-pyrrole nitrogens is 2. The molecule has 13 aromatic rings. The highest BCUT2D eigenvalue weighted by Gasteiger charge is 2.26. The van der Waals surface area contributed by atoms with Gasteiger partial charge in [0.25, 0.3) is 22.2 Å². The number of hydrogen-bond donors (Lipinski definition) is 5. The summed E-state index contributed by atoms with van der Waals surface area (Å²) < 4.78 is 45.5. The number of pyridine rings is 4. The molecule has 0 amide bonds. The van der Waals surface area contributed by atoms with Gasteiger partial charge in [-0.15, -0.1) is 0 Å². The Kier molecular flexibility index (Phi) is 19.8. The Morgan fingerprint density at radius 1 is 0.490 bits per heavy atom. The minimum absolute atomic E-state index is 0.144. The van der Waals surface area contributed by atoms with Crippen molar-refractivity contribution in [2.45, 2.75) is 71.4 Å². The van der Waals surface area contributed by atoms with E-state index in [-0.39, 0.29) is 80.6 Å². The Labute approximate surface area is 563 Å². The van der Waals surface area contributed by atoms with Gasteiger partial charge in [-0.25, -0.2) is 53.0 Å². The molecule has 0 saturated heterocycles. The van der Waals surface area contributed by atoms with Crippen LogP contribution in [0.2, 0.25) is 0 Å². The van der Waals surface area contributed by atoms with Gasteiger partial charge in [0.1, 0.15) is 75.8 Å². The van der Waals surface area contributed by atoms with Crippen molar-refractivity contribution in [3.63, 3.8) is 0 Å². The molecule has 0 bridgehead atoms. The molecule has 0 radical (unpaired) electrons. The Balaban J connectivity index is 0.000000133. The first-order valence-corrected chi connectivity index (χ1v) is 31.1. The van der Waals surface area contributed by atoms with Crippen molar-refractivity contribution in [2.24, 2.45) is 5.73 Å². The predicted molar refractivity (Wildman–Crippen MR) is 366 cm³/mol. The number of halogens is 3. The van der Waals surface area contributed by atoms with Gasteiger partial charge in [-0.2, -0.15) is 0 Å². The fraction of sp³-hybridized carbons (Fsp3) is 0.155. The van der Waals surface area contributed by atoms with Crippen molar-refractivity contribution in [1.29, 1.82) is 0 Å². The summed E-state index contributed by atoms with van der Waals surface area (Å²) in [5, 5.41) is 7.30. The van der Waals surface area contributed by atoms with Crippen LogP contribution in [-0.2, 0) is 32.5 Å². The maximum Gasteiger partial charge on any atom is 0.262 e. The number of nitrogens with zero attached hydrogens (tertiary/aromatic N) is 14. The van der Waals surface area contributed by atoms with Gasteiger partial charge in [-0.3, -0.25) is 62.2 Å². The molecule has 0 aliphatic heterocycles. The van der Waals surface area contributed by atoms with Crippen molar-refractivity contribution < 1.29 is 22.8 Å². The third-order valence-electron chi connectivity index (χ3n) is 15.9. The average Bonchev–Trinajstić information content (AvgIpc) is 0.777. The van der Waals surface area contributed by atoms with Crippen LogP contribution < -0.4 is 44.0 Å². The van der Waals surface area contributed by atoms with Gasteiger partial charge in [0.15, 0.2) is 17.0 Å². The van der Waals surface area contributed by atoms with Crippen molar-refractivity contribution in [3.8, 4) is 0 Å². The van der Waals surface area contributed by atoms with Crippen molar-refractivity contribution >= 4 is 66.9 Å². The van der Waals surface area contributed by atoms with E-state index in [1.165, 1.54) is 112 Å². The van der Waals surface area contributed by atoms with E-state index in [0.717, 1.165) is 0 Å². The summed E-state index contributed by atoms with van der Waals surface area (Å²) in [6, 6.07) is 28.0. The minimum atomic E-state index is -0.534. The second kappa shape index (κ2) is 29.5. The summed E-state index contributed by atoms with van der Waals surface area (Å²) in [4.78, 5) is 139. The molecule has 26 nitrogen and oxygen atoms in total. The molecule has 0 fully saturated rings. The van der Waals surface area contributed by atoms with Crippen LogP contribution in [0.4, 0.5) is 24.8 Å². The number of aromatic nitrogens is 16. The molecule has 15 rings (SSSR count). The minimum Gasteiger partial charge on any atom is -0.360 e. The number of rotatable bonds is 13. The van der Waals surface area contributed by atoms with E-state index >= 15 is 0 Å². The van der Waals surface area contributed by atoms with Crippen molar-refractivity contribution in [3.05, 3.63) is 309 Å². The van der Waals surface area contributed by atoms with Crippen LogP contribution in [0, 0.1) is 17.5 Å². The molecular formula is C71H58F3N19O7. The third kappa shape index (κ3) is 14.7. The summed E-state index contributed by atoms with van der Waals surface area (Å²) >= 11 is 0. The number of nitrogens with two attached hydrogens (primary N) is 1. The molecule has 0 saturated carbocycles. The monoisotopic (exact) mass is 1350 g/mol. The zero-order chi connectivity index (χ0) is 70.1. The lowest BCUT2D eigenvalue weighted by molar-refractivity contribution is 0.103. The second-order valence-electron chi connectivity index (χ2n) is 22.9. The molecule has 10 heterocycles. The largest absolute Gasteiger partial charge is 0.360 e. The molecule has 3 atom stereocenters. The number of carbonyl (C=O) groups is 2. The summed E-state index contributed by atoms with van der Waals surface area (Å²) in [5.74, 6) is 0.0102. The number of aromatic amines is 2. The van der Waals surface area contributed by atoms with Crippen LogP contribution in [0.3, 0.4) is 0 Å². The number of allylic oxidation sites excluding steroid dienone is 4. The van der Waals surface area contributed by atoms with Gasteiger partial charge in [0.2, 0.25) is 0 Å². The number of hydrogen-bond acceptors (Lipinski definition) is 21. The van der Waals surface area contributed by atoms with Crippen LogP contribution in [-0.4, -0.2) is 90.1 Å². The predicted octanol–water partition coefficient (Wildman–Crippen LogP) is 8.08. The number of nitrogens with one attached hydrogen (secondary N) is 4. The first kappa shape index (κ1) is 67.0. The zero-order valence-electron chi connectivity index (χ0n) is 53.4. The number of carbonyl (C=O) groups excluding carboxylic acids is 2. The van der Waals surface area contributed by atoms with E-state index in [2.05, 4.69) is 75.4 Å². The van der Waals surface area contributed by atoms with E-state index in [1.807, 2.05) is 31.2 Å². The van der Waals surface area contributed by atoms with E-state index in [4.69, 9.17) is 5.73 Å². The highest BCUT2D eigenvalue weighted by Crippen LogP contribution is 2.27. The Bertz CT molecular complexity index is 5670. The maximum atomic E-state index is 13.9. The van der Waals surface area contributed by atoms with Crippen LogP contribution in [0.1, 0.15) is 106 Å². The molecular weight excluding hydrogens is 1290 g/mol. The molecule has 10 aromatic heterocycles. The number of fused-ring (bicyclic) bond motifs is 6. The number of benzene rings is 3. The molecule has 0 spiro atoms.